The third kappa shape index (κ3) is 7.28. The number of hydrogen-bond donors (Lipinski definition) is 1. The lowest BCUT2D eigenvalue weighted by atomic mass is 10.3. The van der Waals surface area contributed by atoms with Gasteiger partial charge in [-0.2, -0.15) is 0 Å². The number of amides is 1. The fourth-order valence-corrected chi connectivity index (χ4v) is 1.83. The van der Waals surface area contributed by atoms with E-state index in [2.05, 4.69) is 10.2 Å². The number of carbonyl (C=O) groups excluding carboxylic acids is 1. The van der Waals surface area contributed by atoms with Gasteiger partial charge in [-0.15, -0.1) is 0 Å². The molecule has 6 nitrogen and oxygen atoms in total. The molecule has 0 aliphatic carbocycles. The Bertz CT molecular complexity index is 440. The Labute approximate surface area is 132 Å². The van der Waals surface area contributed by atoms with Gasteiger partial charge in [-0.3, -0.25) is 4.79 Å². The van der Waals surface area contributed by atoms with Gasteiger partial charge in [0.2, 0.25) is 5.91 Å². The number of nitrogens with one attached hydrogen (secondary N) is 1. The summed E-state index contributed by atoms with van der Waals surface area (Å²) in [6, 6.07) is 7.39. The molecular weight excluding hydrogens is 284 g/mol. The van der Waals surface area contributed by atoms with E-state index in [1.165, 1.54) is 0 Å². The Morgan fingerprint density at radius 1 is 1.14 bits per heavy atom. The number of para-hydroxylation sites is 2. The number of rotatable bonds is 11. The molecule has 0 saturated carbocycles. The highest BCUT2D eigenvalue weighted by atomic mass is 16.5. The van der Waals surface area contributed by atoms with Crippen molar-refractivity contribution in [3.8, 4) is 11.5 Å². The van der Waals surface area contributed by atoms with Gasteiger partial charge >= 0.3 is 0 Å². The summed E-state index contributed by atoms with van der Waals surface area (Å²) in [5.41, 5.74) is 0. The molecular formula is C16H26N2O4. The molecule has 0 unspecified atom stereocenters. The van der Waals surface area contributed by atoms with E-state index >= 15 is 0 Å². The molecule has 0 fully saturated rings. The van der Waals surface area contributed by atoms with E-state index in [1.54, 1.807) is 14.2 Å². The molecule has 22 heavy (non-hydrogen) atoms. The molecule has 0 aliphatic heterocycles. The number of carbonyl (C=O) groups is 1. The zero-order valence-electron chi connectivity index (χ0n) is 13.6. The molecule has 0 bridgehead atoms. The minimum atomic E-state index is -0.0185. The molecule has 0 saturated heterocycles. The third-order valence-corrected chi connectivity index (χ3v) is 3.15. The Hall–Kier alpha value is -1.79. The van der Waals surface area contributed by atoms with Crippen LogP contribution in [0.1, 0.15) is 6.42 Å². The lowest BCUT2D eigenvalue weighted by Crippen LogP contribution is -2.34. The maximum absolute atomic E-state index is 11.7. The summed E-state index contributed by atoms with van der Waals surface area (Å²) in [5, 5.41) is 2.87. The number of benzene rings is 1. The summed E-state index contributed by atoms with van der Waals surface area (Å²) in [5.74, 6) is 1.30. The average Bonchev–Trinajstić information content (AvgIpc) is 2.53. The first-order chi connectivity index (χ1) is 10.7. The first-order valence-electron chi connectivity index (χ1n) is 7.37. The maximum Gasteiger partial charge on any atom is 0.223 e. The van der Waals surface area contributed by atoms with Gasteiger partial charge in [-0.1, -0.05) is 12.1 Å². The zero-order chi connectivity index (χ0) is 16.2. The summed E-state index contributed by atoms with van der Waals surface area (Å²) in [6.07, 6.45) is 0.319. The second-order valence-electron chi connectivity index (χ2n) is 4.90. The Balaban J connectivity index is 2.15. The summed E-state index contributed by atoms with van der Waals surface area (Å²) in [6.45, 7) is 3.28. The summed E-state index contributed by atoms with van der Waals surface area (Å²) < 4.78 is 15.7. The minimum Gasteiger partial charge on any atom is -0.493 e. The van der Waals surface area contributed by atoms with E-state index in [0.29, 0.717) is 37.7 Å². The van der Waals surface area contributed by atoms with Crippen molar-refractivity contribution in [3.63, 3.8) is 0 Å². The van der Waals surface area contributed by atoms with Gasteiger partial charge in [0.15, 0.2) is 11.5 Å². The third-order valence-electron chi connectivity index (χ3n) is 3.15. The second kappa shape index (κ2) is 10.9. The van der Waals surface area contributed by atoms with E-state index < -0.39 is 0 Å². The topological polar surface area (TPSA) is 60.0 Å². The lowest BCUT2D eigenvalue weighted by Gasteiger charge is -2.16. The SMILES string of the molecule is COCCN(C)CCNC(=O)CCOc1ccccc1OC. The second-order valence-corrected chi connectivity index (χ2v) is 4.90. The van der Waals surface area contributed by atoms with Gasteiger partial charge in [-0.05, 0) is 19.2 Å². The van der Waals surface area contributed by atoms with Crippen LogP contribution in [0.4, 0.5) is 0 Å². The van der Waals surface area contributed by atoms with Crippen molar-refractivity contribution in [2.75, 3.05) is 54.1 Å². The van der Waals surface area contributed by atoms with Crippen LogP contribution in [-0.2, 0) is 9.53 Å². The van der Waals surface area contributed by atoms with Crippen LogP contribution < -0.4 is 14.8 Å². The van der Waals surface area contributed by atoms with Crippen LogP contribution in [0.25, 0.3) is 0 Å². The predicted molar refractivity (Wildman–Crippen MR) is 85.5 cm³/mol. The van der Waals surface area contributed by atoms with Crippen molar-refractivity contribution in [3.05, 3.63) is 24.3 Å². The largest absolute Gasteiger partial charge is 0.493 e. The quantitative estimate of drug-likeness (QED) is 0.664. The molecule has 1 amide bonds. The molecule has 1 N–H and O–H groups in total. The van der Waals surface area contributed by atoms with Crippen LogP contribution in [0.15, 0.2) is 24.3 Å². The minimum absolute atomic E-state index is 0.0185. The van der Waals surface area contributed by atoms with Crippen molar-refractivity contribution in [2.24, 2.45) is 0 Å². The molecule has 124 valence electrons. The summed E-state index contributed by atoms with van der Waals surface area (Å²) in [7, 11) is 5.27. The molecule has 0 radical (unpaired) electrons. The van der Waals surface area contributed by atoms with Gasteiger partial charge in [0.1, 0.15) is 0 Å². The molecule has 0 heterocycles. The molecule has 1 aromatic rings. The predicted octanol–water partition coefficient (Wildman–Crippen LogP) is 1.16. The Morgan fingerprint density at radius 3 is 2.55 bits per heavy atom. The number of likely N-dealkylation sites (N-methyl/N-ethyl adjacent to an activating group) is 1. The van der Waals surface area contributed by atoms with Gasteiger partial charge in [0, 0.05) is 26.7 Å². The molecule has 0 aliphatic rings. The number of methoxy groups -OCH3 is 2. The molecule has 1 aromatic carbocycles. The maximum atomic E-state index is 11.7. The monoisotopic (exact) mass is 310 g/mol. The first-order valence-corrected chi connectivity index (χ1v) is 7.37. The molecule has 1 rings (SSSR count). The number of hydrogen-bond acceptors (Lipinski definition) is 5. The van der Waals surface area contributed by atoms with Gasteiger partial charge in [-0.25, -0.2) is 0 Å². The van der Waals surface area contributed by atoms with Crippen LogP contribution in [0.5, 0.6) is 11.5 Å². The molecule has 0 spiro atoms. The molecule has 0 aromatic heterocycles. The molecule has 0 atom stereocenters. The van der Waals surface area contributed by atoms with Crippen molar-refractivity contribution in [2.45, 2.75) is 6.42 Å². The average molecular weight is 310 g/mol. The van der Waals surface area contributed by atoms with E-state index in [1.807, 2.05) is 31.3 Å². The zero-order valence-corrected chi connectivity index (χ0v) is 13.6. The van der Waals surface area contributed by atoms with Crippen LogP contribution in [0.3, 0.4) is 0 Å². The highest BCUT2D eigenvalue weighted by molar-refractivity contribution is 5.75. The Kier molecular flexibility index (Phi) is 9.02. The first kappa shape index (κ1) is 18.3. The van der Waals surface area contributed by atoms with E-state index in [9.17, 15) is 4.79 Å². The Morgan fingerprint density at radius 2 is 1.86 bits per heavy atom. The van der Waals surface area contributed by atoms with Crippen molar-refractivity contribution >= 4 is 5.91 Å². The van der Waals surface area contributed by atoms with E-state index in [0.717, 1.165) is 13.1 Å². The number of nitrogens with zero attached hydrogens (tertiary/aromatic N) is 1. The summed E-state index contributed by atoms with van der Waals surface area (Å²) >= 11 is 0. The van der Waals surface area contributed by atoms with Crippen LogP contribution >= 0.6 is 0 Å². The number of ether oxygens (including phenoxy) is 3. The van der Waals surface area contributed by atoms with Gasteiger partial charge in [0.25, 0.3) is 0 Å². The highest BCUT2D eigenvalue weighted by Gasteiger charge is 2.05. The lowest BCUT2D eigenvalue weighted by molar-refractivity contribution is -0.121. The van der Waals surface area contributed by atoms with Crippen LogP contribution in [-0.4, -0.2) is 64.9 Å². The van der Waals surface area contributed by atoms with E-state index in [-0.39, 0.29) is 5.91 Å². The van der Waals surface area contributed by atoms with Crippen molar-refractivity contribution in [1.29, 1.82) is 0 Å². The standard InChI is InChI=1S/C16H26N2O4/c1-18(11-13-20-2)10-9-17-16(19)8-12-22-15-7-5-4-6-14(15)21-3/h4-7H,8-13H2,1-3H3,(H,17,19). The van der Waals surface area contributed by atoms with Crippen LogP contribution in [0, 0.1) is 0 Å². The summed E-state index contributed by atoms with van der Waals surface area (Å²) in [4.78, 5) is 13.8. The fourth-order valence-electron chi connectivity index (χ4n) is 1.83. The van der Waals surface area contributed by atoms with E-state index in [4.69, 9.17) is 14.2 Å². The normalized spacial score (nSPS) is 10.5. The van der Waals surface area contributed by atoms with Crippen LogP contribution in [0.2, 0.25) is 0 Å². The fraction of sp³-hybridized carbons (Fsp3) is 0.562. The van der Waals surface area contributed by atoms with Crippen molar-refractivity contribution < 1.29 is 19.0 Å². The molecule has 6 heteroatoms. The van der Waals surface area contributed by atoms with Gasteiger partial charge in [0.05, 0.1) is 26.7 Å². The van der Waals surface area contributed by atoms with Crippen molar-refractivity contribution in [1.82, 2.24) is 10.2 Å². The highest BCUT2D eigenvalue weighted by Crippen LogP contribution is 2.25. The smallest absolute Gasteiger partial charge is 0.223 e. The van der Waals surface area contributed by atoms with Gasteiger partial charge < -0.3 is 24.4 Å².